The fourth-order valence-electron chi connectivity index (χ4n) is 11.0. The Morgan fingerprint density at radius 2 is 0.505 bits per heavy atom. The molecule has 3 N–H and O–H groups in total. The quantitative estimate of drug-likeness (QED) is 0.0222. The molecule has 0 aliphatic carbocycles. The van der Waals surface area contributed by atoms with Crippen molar-refractivity contribution in [2.24, 2.45) is 5.92 Å². The molecule has 0 aromatic heterocycles. The average Bonchev–Trinajstić information content (AvgIpc) is 3.65. The molecule has 0 bridgehead atoms. The molecule has 0 spiro atoms. The van der Waals surface area contributed by atoms with E-state index in [9.17, 15) is 43.2 Å². The first kappa shape index (κ1) is 89.1. The minimum absolute atomic E-state index is 0.104. The third-order valence-electron chi connectivity index (χ3n) is 16.8. The number of carbonyl (C=O) groups excluding carboxylic acids is 4. The van der Waals surface area contributed by atoms with Gasteiger partial charge in [-0.3, -0.25) is 37.3 Å². The Labute approximate surface area is 556 Å². The molecule has 5 atom stereocenters. The Hall–Kier alpha value is -1.94. The van der Waals surface area contributed by atoms with Gasteiger partial charge in [0.15, 0.2) is 12.2 Å². The average molecular weight is 1340 g/mol. The van der Waals surface area contributed by atoms with Crippen molar-refractivity contribution >= 4 is 39.5 Å². The third kappa shape index (κ3) is 66.5. The highest BCUT2D eigenvalue weighted by Crippen LogP contribution is 2.45. The molecule has 0 heterocycles. The van der Waals surface area contributed by atoms with Crippen molar-refractivity contribution in [1.29, 1.82) is 0 Å². The van der Waals surface area contributed by atoms with E-state index in [1.807, 2.05) is 0 Å². The molecule has 540 valence electrons. The molecule has 0 aliphatic heterocycles. The molecule has 0 fully saturated rings. The highest BCUT2D eigenvalue weighted by atomic mass is 31.2. The Morgan fingerprint density at radius 1 is 0.297 bits per heavy atom. The van der Waals surface area contributed by atoms with Crippen LogP contribution in [0, 0.1) is 5.92 Å². The van der Waals surface area contributed by atoms with Gasteiger partial charge in [0.25, 0.3) is 0 Å². The number of hydrogen-bond donors (Lipinski definition) is 3. The van der Waals surface area contributed by atoms with Crippen molar-refractivity contribution < 1.29 is 80.2 Å². The van der Waals surface area contributed by atoms with E-state index in [0.29, 0.717) is 25.7 Å². The van der Waals surface area contributed by atoms with Crippen LogP contribution in [0.5, 0.6) is 0 Å². The Bertz CT molecular complexity index is 1750. The van der Waals surface area contributed by atoms with E-state index in [2.05, 4.69) is 34.6 Å². The topological polar surface area (TPSA) is 237 Å². The zero-order chi connectivity index (χ0) is 67.0. The number of phosphoric acid groups is 2. The molecule has 0 aromatic carbocycles. The van der Waals surface area contributed by atoms with Gasteiger partial charge in [0, 0.05) is 25.7 Å². The van der Waals surface area contributed by atoms with E-state index in [-0.39, 0.29) is 25.7 Å². The maximum atomic E-state index is 13.1. The van der Waals surface area contributed by atoms with E-state index >= 15 is 0 Å². The van der Waals surface area contributed by atoms with E-state index < -0.39 is 97.5 Å². The van der Waals surface area contributed by atoms with Crippen molar-refractivity contribution in [2.45, 2.75) is 393 Å². The Kier molecular flexibility index (Phi) is 64.0. The first-order chi connectivity index (χ1) is 44.0. The smallest absolute Gasteiger partial charge is 0.462 e. The van der Waals surface area contributed by atoms with Crippen LogP contribution in [0.4, 0.5) is 0 Å². The second-order valence-electron chi connectivity index (χ2n) is 26.5. The predicted octanol–water partition coefficient (Wildman–Crippen LogP) is 20.9. The summed E-state index contributed by atoms with van der Waals surface area (Å²) in [5.41, 5.74) is 0. The molecule has 2 unspecified atom stereocenters. The van der Waals surface area contributed by atoms with Gasteiger partial charge >= 0.3 is 39.5 Å². The predicted molar refractivity (Wildman–Crippen MR) is 368 cm³/mol. The molecule has 0 amide bonds. The summed E-state index contributed by atoms with van der Waals surface area (Å²) in [6.45, 7) is 7.20. The summed E-state index contributed by atoms with van der Waals surface area (Å²) in [5.74, 6) is -1.33. The summed E-state index contributed by atoms with van der Waals surface area (Å²) in [6, 6.07) is 0. The summed E-state index contributed by atoms with van der Waals surface area (Å²) in [6.07, 6.45) is 53.2. The summed E-state index contributed by atoms with van der Waals surface area (Å²) in [4.78, 5) is 72.3. The first-order valence-corrected chi connectivity index (χ1v) is 40.6. The summed E-state index contributed by atoms with van der Waals surface area (Å²) in [7, 11) is -9.89. The molecule has 19 heteroatoms. The minimum Gasteiger partial charge on any atom is -0.462 e. The van der Waals surface area contributed by atoms with Gasteiger partial charge in [-0.2, -0.15) is 0 Å². The van der Waals surface area contributed by atoms with Gasteiger partial charge in [-0.1, -0.05) is 324 Å². The lowest BCUT2D eigenvalue weighted by molar-refractivity contribution is -0.161. The van der Waals surface area contributed by atoms with Crippen LogP contribution >= 0.6 is 15.6 Å². The van der Waals surface area contributed by atoms with Crippen LogP contribution in [-0.2, 0) is 65.4 Å². The lowest BCUT2D eigenvalue weighted by Crippen LogP contribution is -2.30. The Balaban J connectivity index is 5.12. The molecule has 0 aliphatic rings. The van der Waals surface area contributed by atoms with E-state index in [1.165, 1.54) is 173 Å². The molecule has 0 saturated carbocycles. The minimum atomic E-state index is -4.95. The van der Waals surface area contributed by atoms with Gasteiger partial charge < -0.3 is 33.8 Å². The van der Waals surface area contributed by atoms with Crippen LogP contribution in [0.1, 0.15) is 375 Å². The number of rotatable bonds is 72. The second kappa shape index (κ2) is 65.4. The maximum Gasteiger partial charge on any atom is 0.472 e. The largest absolute Gasteiger partial charge is 0.472 e. The van der Waals surface area contributed by atoms with Crippen LogP contribution in [0.25, 0.3) is 0 Å². The third-order valence-corrected chi connectivity index (χ3v) is 18.7. The molecule has 0 radical (unpaired) electrons. The van der Waals surface area contributed by atoms with Gasteiger partial charge in [-0.15, -0.1) is 0 Å². The first-order valence-electron chi connectivity index (χ1n) is 37.6. The molecular weight excluding hydrogens is 1200 g/mol. The maximum absolute atomic E-state index is 13.1. The number of ether oxygens (including phenoxy) is 4. The number of carbonyl (C=O) groups is 4. The lowest BCUT2D eigenvalue weighted by Gasteiger charge is -2.21. The fraction of sp³-hybridized carbons (Fsp3) is 0.944. The lowest BCUT2D eigenvalue weighted by atomic mass is 10.0. The summed E-state index contributed by atoms with van der Waals surface area (Å²) >= 11 is 0. The number of phosphoric ester groups is 2. The fourth-order valence-corrected chi connectivity index (χ4v) is 12.6. The van der Waals surface area contributed by atoms with Crippen LogP contribution in [0.15, 0.2) is 0 Å². The number of hydrogen-bond acceptors (Lipinski definition) is 15. The van der Waals surface area contributed by atoms with Crippen molar-refractivity contribution in [3.05, 3.63) is 0 Å². The van der Waals surface area contributed by atoms with Crippen LogP contribution in [0.2, 0.25) is 0 Å². The van der Waals surface area contributed by atoms with Gasteiger partial charge in [-0.05, 0) is 31.6 Å². The Morgan fingerprint density at radius 3 is 0.747 bits per heavy atom. The van der Waals surface area contributed by atoms with Crippen molar-refractivity contribution in [2.75, 3.05) is 39.6 Å². The summed E-state index contributed by atoms with van der Waals surface area (Å²) < 4.78 is 68.1. The monoisotopic (exact) mass is 1340 g/mol. The number of esters is 4. The molecular formula is C72H140O17P2. The standard InChI is InChI=1S/C72H140O17P2/c1-6-9-12-15-18-19-20-21-22-23-24-25-26-27-32-35-38-43-48-53-58-72(77)89-68(62-83-70(75)56-51-46-42-37-34-31-29-28-30-33-36-41-44-49-54-65(4)5)64-87-91(80,81)85-60-66(73)59-84-90(78,79)86-63-67(88-71(76)57-52-47-40-17-14-11-8-3)61-82-69(74)55-50-45-39-16-13-10-7-2/h65-68,73H,6-64H2,1-5H3,(H,78,79)(H,80,81)/t66-,67+,68+/m0/s1. The van der Waals surface area contributed by atoms with Crippen LogP contribution in [-0.4, -0.2) is 96.7 Å². The van der Waals surface area contributed by atoms with Crippen molar-refractivity contribution in [3.8, 4) is 0 Å². The summed E-state index contributed by atoms with van der Waals surface area (Å²) in [5, 5.41) is 10.6. The van der Waals surface area contributed by atoms with Gasteiger partial charge in [0.05, 0.1) is 26.4 Å². The highest BCUT2D eigenvalue weighted by Gasteiger charge is 2.30. The van der Waals surface area contributed by atoms with Crippen molar-refractivity contribution in [1.82, 2.24) is 0 Å². The van der Waals surface area contributed by atoms with E-state index in [4.69, 9.17) is 37.0 Å². The molecule has 0 aromatic rings. The van der Waals surface area contributed by atoms with Crippen LogP contribution < -0.4 is 0 Å². The highest BCUT2D eigenvalue weighted by molar-refractivity contribution is 7.47. The zero-order valence-corrected chi connectivity index (χ0v) is 60.8. The van der Waals surface area contributed by atoms with Gasteiger partial charge in [0.1, 0.15) is 19.3 Å². The zero-order valence-electron chi connectivity index (χ0n) is 59.0. The second-order valence-corrected chi connectivity index (χ2v) is 29.4. The van der Waals surface area contributed by atoms with Crippen molar-refractivity contribution in [3.63, 3.8) is 0 Å². The van der Waals surface area contributed by atoms with Gasteiger partial charge in [-0.25, -0.2) is 9.13 Å². The van der Waals surface area contributed by atoms with Crippen LogP contribution in [0.3, 0.4) is 0 Å². The molecule has 0 rings (SSSR count). The molecule has 0 saturated heterocycles. The SMILES string of the molecule is CCCCCCCCCCCCCCCCCCCCCCC(=O)O[C@H](COC(=O)CCCCCCCCCCCCCCCCC(C)C)COP(=O)(O)OC[C@@H](O)COP(=O)(O)OC[C@@H](COC(=O)CCCCCCCCC)OC(=O)CCCCCCCCC. The molecule has 17 nitrogen and oxygen atoms in total. The van der Waals surface area contributed by atoms with Gasteiger partial charge in [0.2, 0.25) is 0 Å². The number of aliphatic hydroxyl groups excluding tert-OH is 1. The number of aliphatic hydroxyl groups is 1. The molecule has 91 heavy (non-hydrogen) atoms. The van der Waals surface area contributed by atoms with E-state index in [1.54, 1.807) is 0 Å². The normalized spacial score (nSPS) is 14.0. The number of unbranched alkanes of at least 4 members (excludes halogenated alkanes) is 44. The van der Waals surface area contributed by atoms with E-state index in [0.717, 1.165) is 121 Å².